The average molecular weight is 239 g/mol. The molecule has 0 spiro atoms. The first-order valence-electron chi connectivity index (χ1n) is 5.97. The fourth-order valence-electron chi connectivity index (χ4n) is 2.02. The van der Waals surface area contributed by atoms with E-state index < -0.39 is 5.54 Å². The molecule has 0 aliphatic heterocycles. The minimum atomic E-state index is -0.888. The highest BCUT2D eigenvalue weighted by Gasteiger charge is 2.44. The van der Waals surface area contributed by atoms with Crippen LogP contribution in [0, 0.1) is 0 Å². The number of rotatable bonds is 5. The molecule has 2 N–H and O–H groups in total. The maximum atomic E-state index is 11.7. The normalized spacial score (nSPS) is 28.9. The minimum Gasteiger partial charge on any atom is -0.491 e. The van der Waals surface area contributed by atoms with Crippen LogP contribution in [0.25, 0.3) is 0 Å². The Hall–Kier alpha value is -1.29. The van der Waals surface area contributed by atoms with E-state index in [2.05, 4.69) is 6.58 Å². The van der Waals surface area contributed by atoms with Crippen molar-refractivity contribution in [2.75, 3.05) is 6.61 Å². The first kappa shape index (κ1) is 13.8. The lowest BCUT2D eigenvalue weighted by atomic mass is 9.99. The molecule has 1 fully saturated rings. The average Bonchev–Trinajstić information content (AvgIpc) is 2.69. The summed E-state index contributed by atoms with van der Waals surface area (Å²) in [4.78, 5) is 11.7. The molecule has 4 nitrogen and oxygen atoms in total. The van der Waals surface area contributed by atoms with Gasteiger partial charge in [-0.3, -0.25) is 4.79 Å². The van der Waals surface area contributed by atoms with E-state index in [-0.39, 0.29) is 12.1 Å². The molecule has 0 aromatic carbocycles. The Balaban J connectivity index is 2.57. The summed E-state index contributed by atoms with van der Waals surface area (Å²) in [7, 11) is 0. The number of esters is 1. The third-order valence-corrected chi connectivity index (χ3v) is 2.97. The molecule has 0 bridgehead atoms. The molecule has 17 heavy (non-hydrogen) atoms. The van der Waals surface area contributed by atoms with Crippen LogP contribution >= 0.6 is 0 Å². The summed E-state index contributed by atoms with van der Waals surface area (Å²) >= 11 is 0. The van der Waals surface area contributed by atoms with Crippen LogP contribution in [-0.4, -0.2) is 24.2 Å². The highest BCUT2D eigenvalue weighted by molar-refractivity contribution is 5.81. The Morgan fingerprint density at radius 1 is 1.65 bits per heavy atom. The van der Waals surface area contributed by atoms with Crippen LogP contribution in [0.15, 0.2) is 24.5 Å². The van der Waals surface area contributed by atoms with Crippen LogP contribution in [0.3, 0.4) is 0 Å². The molecule has 0 amide bonds. The lowest BCUT2D eigenvalue weighted by Crippen LogP contribution is -2.47. The van der Waals surface area contributed by atoms with Crippen molar-refractivity contribution in [2.24, 2.45) is 5.73 Å². The van der Waals surface area contributed by atoms with E-state index in [0.717, 1.165) is 12.2 Å². The van der Waals surface area contributed by atoms with E-state index in [1.165, 1.54) is 0 Å². The van der Waals surface area contributed by atoms with E-state index in [1.807, 2.05) is 13.0 Å². The van der Waals surface area contributed by atoms with E-state index in [0.29, 0.717) is 19.4 Å². The van der Waals surface area contributed by atoms with Crippen LogP contribution in [-0.2, 0) is 14.3 Å². The number of carbonyl (C=O) groups excluding carboxylic acids is 1. The fourth-order valence-corrected chi connectivity index (χ4v) is 2.02. The molecule has 2 unspecified atom stereocenters. The first-order chi connectivity index (χ1) is 8.05. The van der Waals surface area contributed by atoms with Gasteiger partial charge in [-0.1, -0.05) is 6.58 Å². The molecule has 1 saturated carbocycles. The Kier molecular flexibility index (Phi) is 4.75. The van der Waals surface area contributed by atoms with E-state index >= 15 is 0 Å². The van der Waals surface area contributed by atoms with Crippen molar-refractivity contribution in [2.45, 2.75) is 44.8 Å². The third kappa shape index (κ3) is 3.33. The molecule has 96 valence electrons. The smallest absolute Gasteiger partial charge is 0.326 e. The number of ether oxygens (including phenoxy) is 2. The highest BCUT2D eigenvalue weighted by atomic mass is 16.5. The van der Waals surface area contributed by atoms with Gasteiger partial charge in [-0.25, -0.2) is 0 Å². The van der Waals surface area contributed by atoms with Gasteiger partial charge in [0, 0.05) is 6.42 Å². The molecular formula is C13H21NO3. The quantitative estimate of drug-likeness (QED) is 0.452. The molecule has 1 rings (SSSR count). The second kappa shape index (κ2) is 5.87. The van der Waals surface area contributed by atoms with Gasteiger partial charge in [-0.15, -0.1) is 0 Å². The van der Waals surface area contributed by atoms with Gasteiger partial charge in [0.25, 0.3) is 0 Å². The summed E-state index contributed by atoms with van der Waals surface area (Å²) < 4.78 is 10.7. The summed E-state index contributed by atoms with van der Waals surface area (Å²) in [6.07, 6.45) is 5.32. The number of hydrogen-bond donors (Lipinski definition) is 1. The number of carbonyl (C=O) groups is 1. The molecule has 1 aliphatic rings. The number of allylic oxidation sites excluding steroid dienone is 2. The maximum Gasteiger partial charge on any atom is 0.326 e. The molecule has 4 heteroatoms. The largest absolute Gasteiger partial charge is 0.491 e. The molecule has 0 aromatic rings. The second-order valence-electron chi connectivity index (χ2n) is 4.25. The van der Waals surface area contributed by atoms with Crippen LogP contribution in [0.4, 0.5) is 0 Å². The Morgan fingerprint density at radius 3 is 2.88 bits per heavy atom. The number of nitrogens with two attached hydrogens (primary N) is 1. The van der Waals surface area contributed by atoms with Crippen molar-refractivity contribution in [3.8, 4) is 0 Å². The second-order valence-corrected chi connectivity index (χ2v) is 4.25. The molecule has 0 saturated heterocycles. The van der Waals surface area contributed by atoms with Gasteiger partial charge in [0.2, 0.25) is 0 Å². The minimum absolute atomic E-state index is 0.0337. The highest BCUT2D eigenvalue weighted by Crippen LogP contribution is 2.32. The molecule has 1 aliphatic carbocycles. The zero-order valence-electron chi connectivity index (χ0n) is 10.6. The predicted molar refractivity (Wildman–Crippen MR) is 66.2 cm³/mol. The zero-order valence-corrected chi connectivity index (χ0v) is 10.6. The maximum absolute atomic E-state index is 11.7. The van der Waals surface area contributed by atoms with Gasteiger partial charge in [0.1, 0.15) is 17.4 Å². The Bertz CT molecular complexity index is 325. The SMILES string of the molecule is C=CC(=CC)OC1CCC(N)(C(=O)OCC)C1. The van der Waals surface area contributed by atoms with Crippen LogP contribution in [0.5, 0.6) is 0 Å². The lowest BCUT2D eigenvalue weighted by Gasteiger charge is -2.21. The summed E-state index contributed by atoms with van der Waals surface area (Å²) in [5.74, 6) is 0.398. The van der Waals surface area contributed by atoms with Gasteiger partial charge >= 0.3 is 5.97 Å². The van der Waals surface area contributed by atoms with Crippen molar-refractivity contribution in [1.82, 2.24) is 0 Å². The molecule has 2 atom stereocenters. The molecular weight excluding hydrogens is 218 g/mol. The van der Waals surface area contributed by atoms with E-state index in [9.17, 15) is 4.79 Å². The summed E-state index contributed by atoms with van der Waals surface area (Å²) in [6.45, 7) is 7.68. The van der Waals surface area contributed by atoms with Gasteiger partial charge in [0.05, 0.1) is 6.61 Å². The summed E-state index contributed by atoms with van der Waals surface area (Å²) in [6, 6.07) is 0. The van der Waals surface area contributed by atoms with Crippen molar-refractivity contribution >= 4 is 5.97 Å². The van der Waals surface area contributed by atoms with E-state index in [4.69, 9.17) is 15.2 Å². The Labute approximate surface area is 102 Å². The first-order valence-corrected chi connectivity index (χ1v) is 5.97. The lowest BCUT2D eigenvalue weighted by molar-refractivity contribution is -0.149. The van der Waals surface area contributed by atoms with Crippen molar-refractivity contribution in [3.63, 3.8) is 0 Å². The number of hydrogen-bond acceptors (Lipinski definition) is 4. The zero-order chi connectivity index (χ0) is 12.9. The summed E-state index contributed by atoms with van der Waals surface area (Å²) in [5, 5.41) is 0. The molecule has 0 heterocycles. The van der Waals surface area contributed by atoms with Crippen molar-refractivity contribution in [1.29, 1.82) is 0 Å². The van der Waals surface area contributed by atoms with E-state index in [1.54, 1.807) is 13.0 Å². The Morgan fingerprint density at radius 2 is 2.35 bits per heavy atom. The molecule has 0 radical (unpaired) electrons. The summed E-state index contributed by atoms with van der Waals surface area (Å²) in [5.41, 5.74) is 5.15. The van der Waals surface area contributed by atoms with Gasteiger partial charge in [-0.05, 0) is 38.8 Å². The van der Waals surface area contributed by atoms with Crippen LogP contribution in [0.1, 0.15) is 33.1 Å². The predicted octanol–water partition coefficient (Wildman–Crippen LogP) is 1.91. The third-order valence-electron chi connectivity index (χ3n) is 2.97. The van der Waals surface area contributed by atoms with Gasteiger partial charge < -0.3 is 15.2 Å². The van der Waals surface area contributed by atoms with Crippen molar-refractivity contribution < 1.29 is 14.3 Å². The van der Waals surface area contributed by atoms with Crippen LogP contribution < -0.4 is 5.73 Å². The van der Waals surface area contributed by atoms with Gasteiger partial charge in [-0.2, -0.15) is 0 Å². The van der Waals surface area contributed by atoms with Crippen LogP contribution in [0.2, 0.25) is 0 Å². The van der Waals surface area contributed by atoms with Gasteiger partial charge in [0.15, 0.2) is 0 Å². The van der Waals surface area contributed by atoms with Crippen molar-refractivity contribution in [3.05, 3.63) is 24.5 Å². The standard InChI is InChI=1S/C13H21NO3/c1-4-10(5-2)17-11-7-8-13(14,9-11)12(15)16-6-3/h4-5,11H,1,6-9,14H2,2-3H3. The molecule has 0 aromatic heterocycles. The fraction of sp³-hybridized carbons (Fsp3) is 0.615. The topological polar surface area (TPSA) is 61.5 Å². The monoisotopic (exact) mass is 239 g/mol.